The van der Waals surface area contributed by atoms with Crippen LogP contribution in [0.25, 0.3) is 0 Å². The van der Waals surface area contributed by atoms with Crippen LogP contribution in [-0.4, -0.2) is 16.9 Å². The van der Waals surface area contributed by atoms with Crippen LogP contribution in [-0.2, 0) is 11.2 Å². The minimum Gasteiger partial charge on any atom is -0.508 e. The molecule has 0 spiro atoms. The predicted molar refractivity (Wildman–Crippen MR) is 59.7 cm³/mol. The van der Waals surface area contributed by atoms with E-state index in [1.807, 2.05) is 6.92 Å². The van der Waals surface area contributed by atoms with Gasteiger partial charge in [0.25, 0.3) is 0 Å². The lowest BCUT2D eigenvalue weighted by Crippen LogP contribution is -2.43. The molecule has 15 heavy (non-hydrogen) atoms. The lowest BCUT2D eigenvalue weighted by molar-refractivity contribution is -0.112. The average molecular weight is 207 g/mol. The van der Waals surface area contributed by atoms with Gasteiger partial charge in [-0.05, 0) is 30.5 Å². The molecule has 3 heteroatoms. The molecule has 3 nitrogen and oxygen atoms in total. The van der Waals surface area contributed by atoms with Crippen LogP contribution < -0.4 is 5.73 Å². The number of hydrogen-bond donors (Lipinski definition) is 2. The Kier molecular flexibility index (Phi) is 3.86. The van der Waals surface area contributed by atoms with Crippen molar-refractivity contribution in [2.24, 2.45) is 5.73 Å². The second-order valence-electron chi connectivity index (χ2n) is 3.94. The monoisotopic (exact) mass is 207 g/mol. The van der Waals surface area contributed by atoms with Gasteiger partial charge in [0.1, 0.15) is 12.0 Å². The van der Waals surface area contributed by atoms with Gasteiger partial charge in [-0.1, -0.05) is 25.5 Å². The van der Waals surface area contributed by atoms with Crippen molar-refractivity contribution in [2.75, 3.05) is 0 Å². The molecule has 1 atom stereocenters. The Bertz CT molecular complexity index is 321. The Hall–Kier alpha value is -1.35. The van der Waals surface area contributed by atoms with E-state index in [0.717, 1.165) is 18.3 Å². The van der Waals surface area contributed by atoms with Crippen LogP contribution in [0.15, 0.2) is 24.3 Å². The Balaban J connectivity index is 2.74. The minimum atomic E-state index is -0.772. The molecule has 1 aromatic carbocycles. The molecular weight excluding hydrogens is 190 g/mol. The molecule has 1 rings (SSSR count). The third-order valence-corrected chi connectivity index (χ3v) is 2.42. The quantitative estimate of drug-likeness (QED) is 0.721. The van der Waals surface area contributed by atoms with Crippen molar-refractivity contribution in [1.29, 1.82) is 0 Å². The highest BCUT2D eigenvalue weighted by Crippen LogP contribution is 2.17. The van der Waals surface area contributed by atoms with E-state index in [2.05, 4.69) is 0 Å². The van der Waals surface area contributed by atoms with E-state index in [4.69, 9.17) is 10.8 Å². The summed E-state index contributed by atoms with van der Waals surface area (Å²) in [5, 5.41) is 9.11. The Morgan fingerprint density at radius 1 is 1.40 bits per heavy atom. The number of benzene rings is 1. The Morgan fingerprint density at radius 2 is 2.00 bits per heavy atom. The first-order valence-electron chi connectivity index (χ1n) is 5.13. The summed E-state index contributed by atoms with van der Waals surface area (Å²) in [6, 6.07) is 6.78. The first kappa shape index (κ1) is 11.7. The molecule has 0 aliphatic carbocycles. The van der Waals surface area contributed by atoms with Crippen molar-refractivity contribution in [3.05, 3.63) is 29.8 Å². The van der Waals surface area contributed by atoms with Gasteiger partial charge in [-0.2, -0.15) is 0 Å². The topological polar surface area (TPSA) is 63.3 Å². The minimum absolute atomic E-state index is 0.225. The summed E-state index contributed by atoms with van der Waals surface area (Å²) in [6.45, 7) is 2.00. The average Bonchev–Trinajstić information content (AvgIpc) is 2.22. The van der Waals surface area contributed by atoms with Gasteiger partial charge in [0.15, 0.2) is 0 Å². The fraction of sp³-hybridized carbons (Fsp3) is 0.417. The maximum absolute atomic E-state index is 10.9. The molecule has 0 saturated heterocycles. The number of phenols is 1. The highest BCUT2D eigenvalue weighted by Gasteiger charge is 2.23. The number of carbonyl (C=O) groups is 1. The van der Waals surface area contributed by atoms with Crippen molar-refractivity contribution in [1.82, 2.24) is 0 Å². The van der Waals surface area contributed by atoms with Gasteiger partial charge in [0.05, 0.1) is 5.54 Å². The molecule has 0 saturated carbocycles. The molecule has 0 bridgehead atoms. The maximum Gasteiger partial charge on any atom is 0.140 e. The second kappa shape index (κ2) is 4.94. The summed E-state index contributed by atoms with van der Waals surface area (Å²) >= 11 is 0. The first-order valence-corrected chi connectivity index (χ1v) is 5.13. The normalized spacial score (nSPS) is 14.5. The molecule has 82 valence electrons. The van der Waals surface area contributed by atoms with E-state index >= 15 is 0 Å². The van der Waals surface area contributed by atoms with Gasteiger partial charge < -0.3 is 15.6 Å². The number of aldehydes is 1. The van der Waals surface area contributed by atoms with Crippen molar-refractivity contribution >= 4 is 6.29 Å². The van der Waals surface area contributed by atoms with Gasteiger partial charge in [0.2, 0.25) is 0 Å². The molecule has 0 unspecified atom stereocenters. The van der Waals surface area contributed by atoms with Gasteiger partial charge >= 0.3 is 0 Å². The molecule has 0 aliphatic rings. The van der Waals surface area contributed by atoms with Gasteiger partial charge in [0, 0.05) is 0 Å². The summed E-state index contributed by atoms with van der Waals surface area (Å²) in [5.41, 5.74) is 6.14. The number of nitrogens with two attached hydrogens (primary N) is 1. The molecule has 0 fully saturated rings. The zero-order valence-corrected chi connectivity index (χ0v) is 8.94. The molecule has 0 amide bonds. The largest absolute Gasteiger partial charge is 0.508 e. The molecule has 3 N–H and O–H groups in total. The molecule has 0 aliphatic heterocycles. The maximum atomic E-state index is 10.9. The number of aromatic hydroxyl groups is 1. The number of carbonyl (C=O) groups excluding carboxylic acids is 1. The third-order valence-electron chi connectivity index (χ3n) is 2.42. The zero-order chi connectivity index (χ0) is 11.3. The van der Waals surface area contributed by atoms with Crippen molar-refractivity contribution in [3.8, 4) is 5.75 Å². The van der Waals surface area contributed by atoms with Crippen molar-refractivity contribution in [3.63, 3.8) is 0 Å². The SMILES string of the molecule is CCC[C@](N)(C=O)Cc1ccc(O)cc1. The summed E-state index contributed by atoms with van der Waals surface area (Å²) in [4.78, 5) is 10.9. The van der Waals surface area contributed by atoms with Gasteiger partial charge in [-0.15, -0.1) is 0 Å². The summed E-state index contributed by atoms with van der Waals surface area (Å²) in [6.07, 6.45) is 2.90. The van der Waals surface area contributed by atoms with Crippen LogP contribution >= 0.6 is 0 Å². The lowest BCUT2D eigenvalue weighted by atomic mass is 9.89. The molecule has 1 aromatic rings. The van der Waals surface area contributed by atoms with E-state index in [9.17, 15) is 4.79 Å². The predicted octanol–water partition coefficient (Wildman–Crippen LogP) is 1.63. The van der Waals surface area contributed by atoms with Crippen LogP contribution in [0.2, 0.25) is 0 Å². The Morgan fingerprint density at radius 3 is 2.47 bits per heavy atom. The Labute approximate surface area is 89.9 Å². The number of rotatable bonds is 5. The smallest absolute Gasteiger partial charge is 0.140 e. The van der Waals surface area contributed by atoms with Crippen LogP contribution in [0.1, 0.15) is 25.3 Å². The highest BCUT2D eigenvalue weighted by molar-refractivity contribution is 5.64. The van der Waals surface area contributed by atoms with Crippen LogP contribution in [0.3, 0.4) is 0 Å². The zero-order valence-electron chi connectivity index (χ0n) is 8.94. The number of hydrogen-bond acceptors (Lipinski definition) is 3. The van der Waals surface area contributed by atoms with Gasteiger partial charge in [-0.25, -0.2) is 0 Å². The van der Waals surface area contributed by atoms with Crippen LogP contribution in [0, 0.1) is 0 Å². The summed E-state index contributed by atoms with van der Waals surface area (Å²) in [5.74, 6) is 0.225. The van der Waals surface area contributed by atoms with E-state index < -0.39 is 5.54 Å². The molecule has 0 heterocycles. The fourth-order valence-corrected chi connectivity index (χ4v) is 1.65. The van der Waals surface area contributed by atoms with E-state index in [-0.39, 0.29) is 5.75 Å². The summed E-state index contributed by atoms with van der Waals surface area (Å²) < 4.78 is 0. The van der Waals surface area contributed by atoms with Crippen molar-refractivity contribution < 1.29 is 9.90 Å². The fourth-order valence-electron chi connectivity index (χ4n) is 1.65. The molecule has 0 radical (unpaired) electrons. The standard InChI is InChI=1S/C12H17NO2/c1-2-7-12(13,9-14)8-10-3-5-11(15)6-4-10/h3-6,9,15H,2,7-8,13H2,1H3/t12-/m1/s1. The second-order valence-corrected chi connectivity index (χ2v) is 3.94. The highest BCUT2D eigenvalue weighted by atomic mass is 16.3. The molecular formula is C12H17NO2. The van der Waals surface area contributed by atoms with Crippen molar-refractivity contribution in [2.45, 2.75) is 31.7 Å². The van der Waals surface area contributed by atoms with Gasteiger partial charge in [-0.3, -0.25) is 0 Å². The van der Waals surface area contributed by atoms with E-state index in [1.165, 1.54) is 0 Å². The van der Waals surface area contributed by atoms with E-state index in [0.29, 0.717) is 12.8 Å². The van der Waals surface area contributed by atoms with E-state index in [1.54, 1.807) is 24.3 Å². The lowest BCUT2D eigenvalue weighted by Gasteiger charge is -2.22. The first-order chi connectivity index (χ1) is 7.09. The summed E-state index contributed by atoms with van der Waals surface area (Å²) in [7, 11) is 0. The van der Waals surface area contributed by atoms with Crippen LogP contribution in [0.5, 0.6) is 5.75 Å². The number of phenolic OH excluding ortho intramolecular Hbond substituents is 1. The van der Waals surface area contributed by atoms with Crippen LogP contribution in [0.4, 0.5) is 0 Å². The molecule has 0 aromatic heterocycles. The third kappa shape index (κ3) is 3.36.